The fourth-order valence-electron chi connectivity index (χ4n) is 2.53. The fourth-order valence-corrected chi connectivity index (χ4v) is 2.53. The highest BCUT2D eigenvalue weighted by Gasteiger charge is 2.02. The van der Waals surface area contributed by atoms with Gasteiger partial charge in [-0.3, -0.25) is 0 Å². The SMILES string of the molecule is CCN(CC)CCCCCCOc1c(C)cccc1C. The highest BCUT2D eigenvalue weighted by Crippen LogP contribution is 2.22. The van der Waals surface area contributed by atoms with Crippen molar-refractivity contribution in [3.8, 4) is 5.75 Å². The number of hydrogen-bond acceptors (Lipinski definition) is 2. The molecule has 0 saturated heterocycles. The number of benzene rings is 1. The second kappa shape index (κ2) is 9.82. The Kier molecular flexibility index (Phi) is 8.36. The largest absolute Gasteiger partial charge is 0.493 e. The molecule has 0 amide bonds. The molecule has 1 rings (SSSR count). The van der Waals surface area contributed by atoms with Crippen LogP contribution in [0.25, 0.3) is 0 Å². The lowest BCUT2D eigenvalue weighted by Crippen LogP contribution is -2.23. The standard InChI is InChI=1S/C18H31NO/c1-5-19(6-2)14-9-7-8-10-15-20-18-16(3)12-11-13-17(18)4/h11-13H,5-10,14-15H2,1-4H3. The Labute approximate surface area is 125 Å². The molecule has 0 atom stereocenters. The summed E-state index contributed by atoms with van der Waals surface area (Å²) >= 11 is 0. The Hall–Kier alpha value is -1.02. The number of unbranched alkanes of at least 4 members (excludes halogenated alkanes) is 3. The third-order valence-corrected chi connectivity index (χ3v) is 3.92. The Morgan fingerprint density at radius 3 is 2.10 bits per heavy atom. The van der Waals surface area contributed by atoms with Crippen molar-refractivity contribution in [2.24, 2.45) is 0 Å². The Morgan fingerprint density at radius 2 is 1.50 bits per heavy atom. The molecule has 0 unspecified atom stereocenters. The first-order valence-corrected chi connectivity index (χ1v) is 8.10. The molecule has 0 aliphatic heterocycles. The lowest BCUT2D eigenvalue weighted by atomic mass is 10.1. The second-order valence-corrected chi connectivity index (χ2v) is 5.51. The topological polar surface area (TPSA) is 12.5 Å². The van der Waals surface area contributed by atoms with Crippen molar-refractivity contribution in [2.75, 3.05) is 26.2 Å². The van der Waals surface area contributed by atoms with Gasteiger partial charge in [0.05, 0.1) is 6.61 Å². The van der Waals surface area contributed by atoms with Crippen LogP contribution in [0, 0.1) is 13.8 Å². The van der Waals surface area contributed by atoms with Crippen molar-refractivity contribution in [3.63, 3.8) is 0 Å². The zero-order chi connectivity index (χ0) is 14.8. The van der Waals surface area contributed by atoms with Gasteiger partial charge in [-0.15, -0.1) is 0 Å². The smallest absolute Gasteiger partial charge is 0.125 e. The average Bonchev–Trinajstić information content (AvgIpc) is 2.44. The Morgan fingerprint density at radius 1 is 0.900 bits per heavy atom. The van der Waals surface area contributed by atoms with E-state index in [1.54, 1.807) is 0 Å². The zero-order valence-electron chi connectivity index (χ0n) is 13.7. The number of rotatable bonds is 10. The molecule has 2 nitrogen and oxygen atoms in total. The van der Waals surface area contributed by atoms with Gasteiger partial charge in [0, 0.05) is 0 Å². The lowest BCUT2D eigenvalue weighted by molar-refractivity contribution is 0.283. The Bertz CT molecular complexity index is 351. The normalized spacial score (nSPS) is 11.1. The van der Waals surface area contributed by atoms with Gasteiger partial charge in [-0.25, -0.2) is 0 Å². The highest BCUT2D eigenvalue weighted by molar-refractivity contribution is 5.39. The van der Waals surface area contributed by atoms with Gasteiger partial charge in [0.2, 0.25) is 0 Å². The van der Waals surface area contributed by atoms with Crippen LogP contribution in [0.3, 0.4) is 0 Å². The molecule has 1 aromatic rings. The molecule has 0 saturated carbocycles. The van der Waals surface area contributed by atoms with E-state index in [1.165, 1.54) is 50.0 Å². The van der Waals surface area contributed by atoms with Gasteiger partial charge in [-0.1, -0.05) is 44.9 Å². The molecule has 2 heteroatoms. The average molecular weight is 277 g/mol. The molecule has 0 heterocycles. The van der Waals surface area contributed by atoms with E-state index in [0.717, 1.165) is 18.8 Å². The van der Waals surface area contributed by atoms with Gasteiger partial charge in [0.25, 0.3) is 0 Å². The molecule has 20 heavy (non-hydrogen) atoms. The van der Waals surface area contributed by atoms with Gasteiger partial charge in [0.15, 0.2) is 0 Å². The minimum Gasteiger partial charge on any atom is -0.493 e. The van der Waals surface area contributed by atoms with Gasteiger partial charge >= 0.3 is 0 Å². The molecular formula is C18H31NO. The summed E-state index contributed by atoms with van der Waals surface area (Å²) in [6, 6.07) is 6.32. The van der Waals surface area contributed by atoms with Crippen LogP contribution >= 0.6 is 0 Å². The summed E-state index contributed by atoms with van der Waals surface area (Å²) in [7, 11) is 0. The number of ether oxygens (including phenoxy) is 1. The van der Waals surface area contributed by atoms with Crippen LogP contribution in [-0.2, 0) is 0 Å². The zero-order valence-corrected chi connectivity index (χ0v) is 13.7. The van der Waals surface area contributed by atoms with E-state index in [4.69, 9.17) is 4.74 Å². The fraction of sp³-hybridized carbons (Fsp3) is 0.667. The molecule has 0 aliphatic rings. The van der Waals surface area contributed by atoms with Crippen LogP contribution in [0.15, 0.2) is 18.2 Å². The van der Waals surface area contributed by atoms with Crippen LogP contribution in [0.1, 0.15) is 50.7 Å². The van der Waals surface area contributed by atoms with Crippen molar-refractivity contribution < 1.29 is 4.74 Å². The van der Waals surface area contributed by atoms with Gasteiger partial charge < -0.3 is 9.64 Å². The Balaban J connectivity index is 2.11. The summed E-state index contributed by atoms with van der Waals surface area (Å²) in [5, 5.41) is 0. The third-order valence-electron chi connectivity index (χ3n) is 3.92. The first kappa shape index (κ1) is 17.0. The summed E-state index contributed by atoms with van der Waals surface area (Å²) in [4.78, 5) is 2.49. The molecule has 0 aromatic heterocycles. The van der Waals surface area contributed by atoms with Gasteiger partial charge in [-0.2, -0.15) is 0 Å². The maximum Gasteiger partial charge on any atom is 0.125 e. The minimum atomic E-state index is 0.844. The summed E-state index contributed by atoms with van der Waals surface area (Å²) in [5.41, 5.74) is 2.48. The van der Waals surface area contributed by atoms with Crippen molar-refractivity contribution in [1.29, 1.82) is 0 Å². The third kappa shape index (κ3) is 5.96. The minimum absolute atomic E-state index is 0.844. The quantitative estimate of drug-likeness (QED) is 0.580. The van der Waals surface area contributed by atoms with Crippen molar-refractivity contribution >= 4 is 0 Å². The van der Waals surface area contributed by atoms with E-state index in [1.807, 2.05) is 0 Å². The molecule has 0 bridgehead atoms. The van der Waals surface area contributed by atoms with E-state index in [9.17, 15) is 0 Å². The molecular weight excluding hydrogens is 246 g/mol. The maximum absolute atomic E-state index is 5.93. The summed E-state index contributed by atoms with van der Waals surface area (Å²) in [5.74, 6) is 1.08. The van der Waals surface area contributed by atoms with E-state index in [0.29, 0.717) is 0 Å². The summed E-state index contributed by atoms with van der Waals surface area (Å²) in [6.45, 7) is 13.1. The van der Waals surface area contributed by atoms with E-state index < -0.39 is 0 Å². The van der Waals surface area contributed by atoms with Crippen molar-refractivity contribution in [2.45, 2.75) is 53.4 Å². The highest BCUT2D eigenvalue weighted by atomic mass is 16.5. The lowest BCUT2D eigenvalue weighted by Gasteiger charge is -2.17. The first-order valence-electron chi connectivity index (χ1n) is 8.10. The summed E-state index contributed by atoms with van der Waals surface area (Å²) < 4.78 is 5.93. The van der Waals surface area contributed by atoms with Crippen LogP contribution in [0.4, 0.5) is 0 Å². The molecule has 0 aliphatic carbocycles. The molecule has 114 valence electrons. The number of nitrogens with zero attached hydrogens (tertiary/aromatic N) is 1. The number of aryl methyl sites for hydroxylation is 2. The molecule has 1 aromatic carbocycles. The molecule has 0 spiro atoms. The predicted octanol–water partition coefficient (Wildman–Crippen LogP) is 4.58. The predicted molar refractivity (Wildman–Crippen MR) is 87.7 cm³/mol. The van der Waals surface area contributed by atoms with Crippen LogP contribution in [-0.4, -0.2) is 31.1 Å². The molecule has 0 fully saturated rings. The van der Waals surface area contributed by atoms with Gasteiger partial charge in [0.1, 0.15) is 5.75 Å². The molecule has 0 radical (unpaired) electrons. The van der Waals surface area contributed by atoms with Crippen molar-refractivity contribution in [1.82, 2.24) is 4.90 Å². The second-order valence-electron chi connectivity index (χ2n) is 5.51. The van der Waals surface area contributed by atoms with Crippen LogP contribution < -0.4 is 4.74 Å². The maximum atomic E-state index is 5.93. The van der Waals surface area contributed by atoms with Crippen LogP contribution in [0.5, 0.6) is 5.75 Å². The van der Waals surface area contributed by atoms with E-state index in [2.05, 4.69) is 50.8 Å². The van der Waals surface area contributed by atoms with E-state index >= 15 is 0 Å². The number of para-hydroxylation sites is 1. The van der Waals surface area contributed by atoms with E-state index in [-0.39, 0.29) is 0 Å². The van der Waals surface area contributed by atoms with Crippen molar-refractivity contribution in [3.05, 3.63) is 29.3 Å². The first-order chi connectivity index (χ1) is 9.69. The van der Waals surface area contributed by atoms with Crippen LogP contribution in [0.2, 0.25) is 0 Å². The van der Waals surface area contributed by atoms with Gasteiger partial charge in [-0.05, 0) is 57.5 Å². The summed E-state index contributed by atoms with van der Waals surface area (Å²) in [6.07, 6.45) is 5.05. The molecule has 0 N–H and O–H groups in total. The number of hydrogen-bond donors (Lipinski definition) is 0. The monoisotopic (exact) mass is 277 g/mol.